The number of aromatic hydroxyl groups is 1. The van der Waals surface area contributed by atoms with Gasteiger partial charge in [0.1, 0.15) is 18.8 Å². The molecule has 0 saturated heterocycles. The molecule has 0 atom stereocenters. The van der Waals surface area contributed by atoms with Crippen molar-refractivity contribution < 1.29 is 28.9 Å². The molecule has 2 N–H and O–H groups in total. The molecule has 0 aliphatic heterocycles. The van der Waals surface area contributed by atoms with Crippen LogP contribution >= 0.6 is 0 Å². The number of hydrogen-bond donors (Lipinski definition) is 2. The lowest BCUT2D eigenvalue weighted by Crippen LogP contribution is -2.07. The maximum atomic E-state index is 14.7. The molecule has 0 aliphatic carbocycles. The van der Waals surface area contributed by atoms with Crippen LogP contribution in [0, 0.1) is 5.82 Å². The Morgan fingerprint density at radius 3 is 1.81 bits per heavy atom. The van der Waals surface area contributed by atoms with Gasteiger partial charge in [-0.25, -0.2) is 9.18 Å². The van der Waals surface area contributed by atoms with E-state index in [0.717, 1.165) is 17.2 Å². The van der Waals surface area contributed by atoms with Crippen LogP contribution in [0.2, 0.25) is 0 Å². The van der Waals surface area contributed by atoms with Crippen LogP contribution in [0.15, 0.2) is 66.7 Å². The summed E-state index contributed by atoms with van der Waals surface area (Å²) in [6.45, 7) is 0.0456. The van der Waals surface area contributed by atoms with Gasteiger partial charge in [0, 0.05) is 6.07 Å². The first-order valence-electron chi connectivity index (χ1n) is 8.18. The fraction of sp³-hybridized carbons (Fsp3) is 0.0952. The molecule has 5 nitrogen and oxygen atoms in total. The lowest BCUT2D eigenvalue weighted by Gasteiger charge is -2.16. The van der Waals surface area contributed by atoms with Crippen molar-refractivity contribution in [2.75, 3.05) is 0 Å². The Morgan fingerprint density at radius 2 is 1.33 bits per heavy atom. The van der Waals surface area contributed by atoms with E-state index in [0.29, 0.717) is 0 Å². The lowest BCUT2D eigenvalue weighted by molar-refractivity contribution is 0.0689. The van der Waals surface area contributed by atoms with Crippen LogP contribution in [-0.2, 0) is 13.2 Å². The van der Waals surface area contributed by atoms with E-state index in [2.05, 4.69) is 0 Å². The fourth-order valence-corrected chi connectivity index (χ4v) is 2.49. The second-order valence-electron chi connectivity index (χ2n) is 5.77. The van der Waals surface area contributed by atoms with E-state index in [4.69, 9.17) is 14.6 Å². The quantitative estimate of drug-likeness (QED) is 0.647. The van der Waals surface area contributed by atoms with Gasteiger partial charge in [-0.15, -0.1) is 0 Å². The first kappa shape index (κ1) is 18.3. The van der Waals surface area contributed by atoms with Crippen molar-refractivity contribution in [2.45, 2.75) is 13.2 Å². The van der Waals surface area contributed by atoms with Gasteiger partial charge in [-0.1, -0.05) is 60.7 Å². The number of benzene rings is 3. The molecule has 0 bridgehead atoms. The molecule has 0 fully saturated rings. The Labute approximate surface area is 155 Å². The summed E-state index contributed by atoms with van der Waals surface area (Å²) in [7, 11) is 0. The largest absolute Gasteiger partial charge is 0.504 e. The monoisotopic (exact) mass is 368 g/mol. The highest BCUT2D eigenvalue weighted by molar-refractivity contribution is 5.90. The second-order valence-corrected chi connectivity index (χ2v) is 5.77. The van der Waals surface area contributed by atoms with Crippen LogP contribution in [0.25, 0.3) is 0 Å². The summed E-state index contributed by atoms with van der Waals surface area (Å²) in [5, 5.41) is 19.3. The van der Waals surface area contributed by atoms with Gasteiger partial charge in [0.2, 0.25) is 11.5 Å². The highest BCUT2D eigenvalue weighted by atomic mass is 19.1. The minimum atomic E-state index is -1.51. The molecule has 3 aromatic carbocycles. The number of hydrogen-bond acceptors (Lipinski definition) is 4. The molecule has 3 aromatic rings. The van der Waals surface area contributed by atoms with Crippen molar-refractivity contribution in [1.29, 1.82) is 0 Å². The summed E-state index contributed by atoms with van der Waals surface area (Å²) in [5.41, 5.74) is 0.863. The van der Waals surface area contributed by atoms with Crippen molar-refractivity contribution >= 4 is 5.97 Å². The number of phenols is 1. The molecule has 0 spiro atoms. The molecule has 0 amide bonds. The number of rotatable bonds is 7. The summed E-state index contributed by atoms with van der Waals surface area (Å²) in [5.74, 6) is -3.79. The van der Waals surface area contributed by atoms with Crippen LogP contribution in [-0.4, -0.2) is 16.2 Å². The average Bonchev–Trinajstić information content (AvgIpc) is 2.68. The third-order valence-corrected chi connectivity index (χ3v) is 3.84. The lowest BCUT2D eigenvalue weighted by atomic mass is 10.1. The van der Waals surface area contributed by atoms with Gasteiger partial charge in [-0.3, -0.25) is 0 Å². The van der Waals surface area contributed by atoms with Gasteiger partial charge >= 0.3 is 5.97 Å². The Bertz CT molecular complexity index is 926. The molecule has 138 valence electrons. The first-order valence-corrected chi connectivity index (χ1v) is 8.18. The van der Waals surface area contributed by atoms with Crippen molar-refractivity contribution in [3.63, 3.8) is 0 Å². The van der Waals surface area contributed by atoms with E-state index in [9.17, 15) is 14.3 Å². The number of phenolic OH excluding ortho intramolecular Hbond substituents is 1. The van der Waals surface area contributed by atoms with E-state index < -0.39 is 28.8 Å². The summed E-state index contributed by atoms with van der Waals surface area (Å²) in [6.07, 6.45) is 0. The predicted molar refractivity (Wildman–Crippen MR) is 96.6 cm³/mol. The summed E-state index contributed by atoms with van der Waals surface area (Å²) >= 11 is 0. The Balaban J connectivity index is 1.92. The standard InChI is InChI=1S/C21H17FO5/c22-18-16(21(24)25)11-17(23)19(26-12-14-7-3-1-4-8-14)20(18)27-13-15-9-5-2-6-10-15/h1-11,23H,12-13H2,(H,24,25). The zero-order chi connectivity index (χ0) is 19.2. The third-order valence-electron chi connectivity index (χ3n) is 3.84. The van der Waals surface area contributed by atoms with Crippen LogP contribution in [0.5, 0.6) is 17.2 Å². The van der Waals surface area contributed by atoms with Gasteiger partial charge in [0.05, 0.1) is 0 Å². The zero-order valence-electron chi connectivity index (χ0n) is 14.3. The minimum Gasteiger partial charge on any atom is -0.504 e. The summed E-state index contributed by atoms with van der Waals surface area (Å²) in [6, 6.07) is 18.9. The maximum absolute atomic E-state index is 14.7. The molecule has 27 heavy (non-hydrogen) atoms. The van der Waals surface area contributed by atoms with Gasteiger partial charge in [0.25, 0.3) is 0 Å². The molecule has 0 saturated carbocycles. The predicted octanol–water partition coefficient (Wildman–Crippen LogP) is 4.39. The highest BCUT2D eigenvalue weighted by Gasteiger charge is 2.24. The topological polar surface area (TPSA) is 76.0 Å². The van der Waals surface area contributed by atoms with Crippen LogP contribution < -0.4 is 9.47 Å². The van der Waals surface area contributed by atoms with E-state index in [1.54, 1.807) is 24.3 Å². The zero-order valence-corrected chi connectivity index (χ0v) is 14.3. The minimum absolute atomic E-state index is 0.0119. The van der Waals surface area contributed by atoms with Gasteiger partial charge in [-0.05, 0) is 11.1 Å². The van der Waals surface area contributed by atoms with E-state index in [1.807, 2.05) is 36.4 Å². The first-order chi connectivity index (χ1) is 13.1. The molecular weight excluding hydrogens is 351 g/mol. The molecule has 0 heterocycles. The van der Waals surface area contributed by atoms with Crippen molar-refractivity contribution in [3.8, 4) is 17.2 Å². The number of carboxylic acid groups (broad SMARTS) is 1. The molecule has 0 aromatic heterocycles. The highest BCUT2D eigenvalue weighted by Crippen LogP contribution is 2.41. The van der Waals surface area contributed by atoms with Crippen LogP contribution in [0.1, 0.15) is 21.5 Å². The van der Waals surface area contributed by atoms with Crippen LogP contribution in [0.3, 0.4) is 0 Å². The Hall–Kier alpha value is -3.54. The molecule has 0 aliphatic rings. The van der Waals surface area contributed by atoms with E-state index in [-0.39, 0.29) is 19.0 Å². The Kier molecular flexibility index (Phi) is 5.56. The van der Waals surface area contributed by atoms with Crippen molar-refractivity contribution in [3.05, 3.63) is 89.2 Å². The molecule has 6 heteroatoms. The normalized spacial score (nSPS) is 10.4. The fourth-order valence-electron chi connectivity index (χ4n) is 2.49. The smallest absolute Gasteiger partial charge is 0.338 e. The third kappa shape index (κ3) is 4.36. The van der Waals surface area contributed by atoms with Gasteiger partial charge in [-0.2, -0.15) is 0 Å². The molecule has 0 radical (unpaired) electrons. The SMILES string of the molecule is O=C(O)c1cc(O)c(OCc2ccccc2)c(OCc2ccccc2)c1F. The molecule has 3 rings (SSSR count). The number of carbonyl (C=O) groups is 1. The van der Waals surface area contributed by atoms with Crippen LogP contribution in [0.4, 0.5) is 4.39 Å². The van der Waals surface area contributed by atoms with Crippen molar-refractivity contribution in [1.82, 2.24) is 0 Å². The van der Waals surface area contributed by atoms with Gasteiger partial charge in [0.15, 0.2) is 11.6 Å². The number of halogens is 1. The second kappa shape index (κ2) is 8.23. The number of aromatic carboxylic acids is 1. The van der Waals surface area contributed by atoms with E-state index in [1.165, 1.54) is 0 Å². The Morgan fingerprint density at radius 1 is 0.852 bits per heavy atom. The molecular formula is C21H17FO5. The maximum Gasteiger partial charge on any atom is 0.338 e. The number of carboxylic acids is 1. The summed E-state index contributed by atoms with van der Waals surface area (Å²) < 4.78 is 25.7. The van der Waals surface area contributed by atoms with Crippen molar-refractivity contribution in [2.24, 2.45) is 0 Å². The average molecular weight is 368 g/mol. The van der Waals surface area contributed by atoms with E-state index >= 15 is 0 Å². The summed E-state index contributed by atoms with van der Waals surface area (Å²) in [4.78, 5) is 11.2. The number of ether oxygens (including phenoxy) is 2. The van der Waals surface area contributed by atoms with Gasteiger partial charge < -0.3 is 19.7 Å². The molecule has 0 unspecified atom stereocenters.